The van der Waals surface area contributed by atoms with Crippen molar-refractivity contribution in [2.45, 2.75) is 39.7 Å². The number of rotatable bonds is 5. The highest BCUT2D eigenvalue weighted by molar-refractivity contribution is 6.30. The van der Waals surface area contributed by atoms with Gasteiger partial charge in [-0.2, -0.15) is 0 Å². The van der Waals surface area contributed by atoms with Crippen LogP contribution < -0.4 is 5.32 Å². The molecule has 2 aromatic rings. The summed E-state index contributed by atoms with van der Waals surface area (Å²) in [5.41, 5.74) is 3.72. The molecule has 1 amide bonds. The standard InChI is InChI=1S/C22H28ClN3O2/c1-14-13-20(15(2)26(14)19-7-5-18(23)6-8-19)21(27)16(3)25-11-9-17(10-12-25)22(28)24-4/h5-8,13,16-17H,9-12H2,1-4H3,(H,24,28)/t16-/m0/s1. The average molecular weight is 402 g/mol. The van der Waals surface area contributed by atoms with Crippen molar-refractivity contribution in [2.24, 2.45) is 5.92 Å². The van der Waals surface area contributed by atoms with Gasteiger partial charge >= 0.3 is 0 Å². The van der Waals surface area contributed by atoms with Crippen LogP contribution in [0.4, 0.5) is 0 Å². The van der Waals surface area contributed by atoms with Crippen molar-refractivity contribution in [3.05, 3.63) is 52.3 Å². The summed E-state index contributed by atoms with van der Waals surface area (Å²) in [6.45, 7) is 7.50. The van der Waals surface area contributed by atoms with E-state index < -0.39 is 0 Å². The molecule has 0 unspecified atom stereocenters. The molecule has 1 aromatic carbocycles. The fourth-order valence-corrected chi connectivity index (χ4v) is 4.27. The van der Waals surface area contributed by atoms with Crippen LogP contribution in [0.25, 0.3) is 5.69 Å². The monoisotopic (exact) mass is 401 g/mol. The Morgan fingerprint density at radius 1 is 1.14 bits per heavy atom. The van der Waals surface area contributed by atoms with E-state index in [0.717, 1.165) is 48.6 Å². The summed E-state index contributed by atoms with van der Waals surface area (Å²) in [7, 11) is 1.68. The maximum Gasteiger partial charge on any atom is 0.222 e. The zero-order valence-electron chi connectivity index (χ0n) is 17.0. The minimum Gasteiger partial charge on any atom is -0.359 e. The molecule has 150 valence electrons. The van der Waals surface area contributed by atoms with Gasteiger partial charge in [0.1, 0.15) is 0 Å². The lowest BCUT2D eigenvalue weighted by atomic mass is 9.93. The molecule has 1 atom stereocenters. The van der Waals surface area contributed by atoms with Gasteiger partial charge in [0.15, 0.2) is 5.78 Å². The number of hydrogen-bond acceptors (Lipinski definition) is 3. The fourth-order valence-electron chi connectivity index (χ4n) is 4.14. The number of carbonyl (C=O) groups excluding carboxylic acids is 2. The van der Waals surface area contributed by atoms with E-state index in [1.165, 1.54) is 0 Å². The molecule has 0 spiro atoms. The molecule has 1 fully saturated rings. The molecule has 1 N–H and O–H groups in total. The van der Waals surface area contributed by atoms with Crippen molar-refractivity contribution in [3.8, 4) is 5.69 Å². The van der Waals surface area contributed by atoms with Crippen LogP contribution in [0.2, 0.25) is 5.02 Å². The van der Waals surface area contributed by atoms with Crippen molar-refractivity contribution >= 4 is 23.3 Å². The Balaban J connectivity index is 1.77. The molecule has 2 heterocycles. The highest BCUT2D eigenvalue weighted by Crippen LogP contribution is 2.26. The number of likely N-dealkylation sites (tertiary alicyclic amines) is 1. The van der Waals surface area contributed by atoms with Crippen LogP contribution in [-0.4, -0.2) is 47.3 Å². The number of amides is 1. The Labute approximate surface area is 171 Å². The first kappa shape index (κ1) is 20.6. The van der Waals surface area contributed by atoms with E-state index >= 15 is 0 Å². The van der Waals surface area contributed by atoms with Gasteiger partial charge in [-0.15, -0.1) is 0 Å². The lowest BCUT2D eigenvalue weighted by Crippen LogP contribution is -2.46. The summed E-state index contributed by atoms with van der Waals surface area (Å²) in [5, 5.41) is 3.42. The number of benzene rings is 1. The molecule has 0 bridgehead atoms. The quantitative estimate of drug-likeness (QED) is 0.776. The summed E-state index contributed by atoms with van der Waals surface area (Å²) in [6.07, 6.45) is 1.59. The lowest BCUT2D eigenvalue weighted by Gasteiger charge is -2.34. The Morgan fingerprint density at radius 3 is 2.32 bits per heavy atom. The Kier molecular flexibility index (Phi) is 6.26. The third kappa shape index (κ3) is 4.01. The molecule has 3 rings (SSSR count). The topological polar surface area (TPSA) is 54.3 Å². The number of aryl methyl sites for hydroxylation is 1. The highest BCUT2D eigenvalue weighted by atomic mass is 35.5. The van der Waals surface area contributed by atoms with Gasteiger partial charge in [-0.3, -0.25) is 14.5 Å². The van der Waals surface area contributed by atoms with Crippen LogP contribution in [0.5, 0.6) is 0 Å². The number of ketones is 1. The molecule has 1 aliphatic heterocycles. The SMILES string of the molecule is CNC(=O)C1CCN([C@@H](C)C(=O)c2cc(C)n(-c3ccc(Cl)cc3)c2C)CC1. The molecule has 28 heavy (non-hydrogen) atoms. The molecule has 6 heteroatoms. The van der Waals surface area contributed by atoms with Crippen LogP contribution in [0.15, 0.2) is 30.3 Å². The zero-order chi connectivity index (χ0) is 20.4. The predicted molar refractivity (Wildman–Crippen MR) is 112 cm³/mol. The predicted octanol–water partition coefficient (Wildman–Crippen LogP) is 3.78. The fraction of sp³-hybridized carbons (Fsp3) is 0.455. The molecular formula is C22H28ClN3O2. The van der Waals surface area contributed by atoms with E-state index in [9.17, 15) is 9.59 Å². The molecule has 0 saturated carbocycles. The lowest BCUT2D eigenvalue weighted by molar-refractivity contribution is -0.126. The maximum absolute atomic E-state index is 13.2. The molecule has 0 radical (unpaired) electrons. The second-order valence-electron chi connectivity index (χ2n) is 7.56. The van der Waals surface area contributed by atoms with E-state index in [1.807, 2.05) is 51.1 Å². The molecule has 1 aliphatic rings. The van der Waals surface area contributed by atoms with Crippen LogP contribution >= 0.6 is 11.6 Å². The van der Waals surface area contributed by atoms with Crippen molar-refractivity contribution in [3.63, 3.8) is 0 Å². The van der Waals surface area contributed by atoms with Gasteiger partial charge in [0.2, 0.25) is 5.91 Å². The summed E-state index contributed by atoms with van der Waals surface area (Å²) >= 11 is 6.01. The summed E-state index contributed by atoms with van der Waals surface area (Å²) in [6, 6.07) is 9.41. The minimum absolute atomic E-state index is 0.0542. The zero-order valence-corrected chi connectivity index (χ0v) is 17.7. The van der Waals surface area contributed by atoms with Gasteiger partial charge < -0.3 is 9.88 Å². The number of nitrogens with one attached hydrogen (secondary N) is 1. The summed E-state index contributed by atoms with van der Waals surface area (Å²) in [4.78, 5) is 27.3. The van der Waals surface area contributed by atoms with E-state index in [-0.39, 0.29) is 23.7 Å². The Hall–Kier alpha value is -2.11. The minimum atomic E-state index is -0.204. The van der Waals surface area contributed by atoms with Crippen LogP contribution in [0.3, 0.4) is 0 Å². The van der Waals surface area contributed by atoms with Crippen LogP contribution in [-0.2, 0) is 4.79 Å². The van der Waals surface area contributed by atoms with Gasteiger partial charge in [-0.05, 0) is 77.0 Å². The smallest absolute Gasteiger partial charge is 0.222 e. The molecule has 5 nitrogen and oxygen atoms in total. The highest BCUT2D eigenvalue weighted by Gasteiger charge is 2.31. The second kappa shape index (κ2) is 8.50. The van der Waals surface area contributed by atoms with Crippen molar-refractivity contribution in [1.82, 2.24) is 14.8 Å². The number of nitrogens with zero attached hydrogens (tertiary/aromatic N) is 2. The molecular weight excluding hydrogens is 374 g/mol. The number of aromatic nitrogens is 1. The third-order valence-corrected chi connectivity index (χ3v) is 6.11. The van der Waals surface area contributed by atoms with Crippen molar-refractivity contribution < 1.29 is 9.59 Å². The van der Waals surface area contributed by atoms with Crippen molar-refractivity contribution in [2.75, 3.05) is 20.1 Å². The van der Waals surface area contributed by atoms with E-state index in [4.69, 9.17) is 11.6 Å². The van der Waals surface area contributed by atoms with Gasteiger partial charge in [0.05, 0.1) is 6.04 Å². The van der Waals surface area contributed by atoms with Crippen LogP contribution in [0.1, 0.15) is 41.5 Å². The molecule has 1 saturated heterocycles. The second-order valence-corrected chi connectivity index (χ2v) is 8.00. The largest absolute Gasteiger partial charge is 0.359 e. The summed E-state index contributed by atoms with van der Waals surface area (Å²) < 4.78 is 2.09. The first-order chi connectivity index (χ1) is 13.3. The average Bonchev–Trinajstić information content (AvgIpc) is 3.01. The van der Waals surface area contributed by atoms with E-state index in [2.05, 4.69) is 14.8 Å². The first-order valence-corrected chi connectivity index (χ1v) is 10.2. The number of piperidine rings is 1. The number of hydrogen-bond donors (Lipinski definition) is 1. The Bertz CT molecular complexity index is 865. The molecule has 1 aromatic heterocycles. The summed E-state index contributed by atoms with van der Waals surface area (Å²) in [5.74, 6) is 0.287. The number of halogens is 1. The van der Waals surface area contributed by atoms with E-state index in [1.54, 1.807) is 7.05 Å². The van der Waals surface area contributed by atoms with Gasteiger partial charge in [0.25, 0.3) is 0 Å². The maximum atomic E-state index is 13.2. The van der Waals surface area contributed by atoms with Gasteiger partial charge in [-0.25, -0.2) is 0 Å². The third-order valence-electron chi connectivity index (χ3n) is 5.86. The Morgan fingerprint density at radius 2 is 1.75 bits per heavy atom. The number of carbonyl (C=O) groups is 2. The van der Waals surface area contributed by atoms with E-state index in [0.29, 0.717) is 5.02 Å². The van der Waals surface area contributed by atoms with Crippen LogP contribution in [0, 0.1) is 19.8 Å². The van der Waals surface area contributed by atoms with Crippen molar-refractivity contribution in [1.29, 1.82) is 0 Å². The normalized spacial score (nSPS) is 16.8. The first-order valence-electron chi connectivity index (χ1n) is 9.78. The van der Waals surface area contributed by atoms with Gasteiger partial charge in [-0.1, -0.05) is 11.6 Å². The molecule has 0 aliphatic carbocycles. The van der Waals surface area contributed by atoms with Gasteiger partial charge in [0, 0.05) is 40.6 Å². The number of Topliss-reactive ketones (excluding diaryl/α,β-unsaturated/α-hetero) is 1.